The van der Waals surface area contributed by atoms with Crippen molar-refractivity contribution in [2.24, 2.45) is 5.10 Å². The topological polar surface area (TPSA) is 70.6 Å². The molecule has 0 spiro atoms. The number of nitrogens with zero attached hydrogens (tertiary/aromatic N) is 1. The largest absolute Gasteiger partial charge is 0.471 e. The van der Waals surface area contributed by atoms with Crippen molar-refractivity contribution >= 4 is 46.4 Å². The predicted molar refractivity (Wildman–Crippen MR) is 97.3 cm³/mol. The van der Waals surface area contributed by atoms with Gasteiger partial charge in [-0.05, 0) is 42.8 Å². The molecule has 142 valence electrons. The van der Waals surface area contributed by atoms with Gasteiger partial charge in [0.05, 0.1) is 16.3 Å². The molecule has 2 rings (SSSR count). The van der Waals surface area contributed by atoms with Gasteiger partial charge in [0, 0.05) is 10.7 Å². The second kappa shape index (κ2) is 8.41. The highest BCUT2D eigenvalue weighted by Gasteiger charge is 2.38. The second-order valence-electron chi connectivity index (χ2n) is 5.29. The van der Waals surface area contributed by atoms with Crippen molar-refractivity contribution < 1.29 is 22.8 Å². The van der Waals surface area contributed by atoms with E-state index < -0.39 is 18.0 Å². The standard InChI is InChI=1S/C17H12Cl2F3N3O2/c1-9(24-25-15(26)13-7-4-11(18)8-14(13)19)10-2-5-12(6-3-10)23-16(27)17(20,21)22/h2-8H,1H3,(H,23,27)(H,25,26)/b24-9-. The van der Waals surface area contributed by atoms with Crippen molar-refractivity contribution in [3.05, 3.63) is 63.6 Å². The van der Waals surface area contributed by atoms with Gasteiger partial charge >= 0.3 is 12.1 Å². The van der Waals surface area contributed by atoms with Gasteiger partial charge in [0.15, 0.2) is 0 Å². The van der Waals surface area contributed by atoms with Crippen molar-refractivity contribution in [1.82, 2.24) is 5.43 Å². The number of halogens is 5. The van der Waals surface area contributed by atoms with Crippen LogP contribution in [0.15, 0.2) is 47.6 Å². The number of nitrogens with one attached hydrogen (secondary N) is 2. The zero-order chi connectivity index (χ0) is 20.2. The molecule has 0 radical (unpaired) electrons. The summed E-state index contributed by atoms with van der Waals surface area (Å²) in [7, 11) is 0. The molecule has 2 amide bonds. The van der Waals surface area contributed by atoms with Crippen molar-refractivity contribution in [3.8, 4) is 0 Å². The highest BCUT2D eigenvalue weighted by molar-refractivity contribution is 6.36. The van der Waals surface area contributed by atoms with Gasteiger partial charge in [-0.15, -0.1) is 0 Å². The molecule has 0 bridgehead atoms. The molecule has 27 heavy (non-hydrogen) atoms. The number of benzene rings is 2. The van der Waals surface area contributed by atoms with E-state index in [2.05, 4.69) is 10.5 Å². The normalized spacial score (nSPS) is 11.9. The van der Waals surface area contributed by atoms with Crippen molar-refractivity contribution in [3.63, 3.8) is 0 Å². The molecule has 0 aliphatic carbocycles. The molecule has 0 atom stereocenters. The Balaban J connectivity index is 2.05. The fourth-order valence-electron chi connectivity index (χ4n) is 1.93. The maximum Gasteiger partial charge on any atom is 0.471 e. The third-order valence-electron chi connectivity index (χ3n) is 3.32. The first-order chi connectivity index (χ1) is 12.6. The monoisotopic (exact) mass is 417 g/mol. The smallest absolute Gasteiger partial charge is 0.318 e. The van der Waals surface area contributed by atoms with E-state index in [1.54, 1.807) is 12.2 Å². The Morgan fingerprint density at radius 1 is 1.04 bits per heavy atom. The van der Waals surface area contributed by atoms with Gasteiger partial charge < -0.3 is 5.32 Å². The molecule has 10 heteroatoms. The molecule has 0 saturated heterocycles. The molecule has 0 saturated carbocycles. The molecule has 0 aromatic heterocycles. The van der Waals surface area contributed by atoms with E-state index in [-0.39, 0.29) is 16.3 Å². The summed E-state index contributed by atoms with van der Waals surface area (Å²) in [6.45, 7) is 1.59. The Morgan fingerprint density at radius 3 is 2.22 bits per heavy atom. The summed E-state index contributed by atoms with van der Waals surface area (Å²) in [6, 6.07) is 9.85. The molecule has 0 aliphatic rings. The number of amides is 2. The average Bonchev–Trinajstić information content (AvgIpc) is 2.59. The van der Waals surface area contributed by atoms with E-state index in [4.69, 9.17) is 23.2 Å². The van der Waals surface area contributed by atoms with Crippen LogP contribution in [0.2, 0.25) is 10.0 Å². The lowest BCUT2D eigenvalue weighted by Crippen LogP contribution is -2.29. The molecule has 0 fully saturated rings. The maximum absolute atomic E-state index is 12.2. The van der Waals surface area contributed by atoms with Crippen LogP contribution in [0.4, 0.5) is 18.9 Å². The number of carbonyl (C=O) groups is 2. The van der Waals surface area contributed by atoms with E-state index in [1.165, 1.54) is 42.5 Å². The first-order valence-corrected chi connectivity index (χ1v) is 8.12. The minimum atomic E-state index is -4.97. The molecule has 5 nitrogen and oxygen atoms in total. The van der Waals surface area contributed by atoms with Gasteiger partial charge in [0.2, 0.25) is 0 Å². The van der Waals surface area contributed by atoms with E-state index in [0.717, 1.165) is 0 Å². The molecular formula is C17H12Cl2F3N3O2. The van der Waals surface area contributed by atoms with Crippen LogP contribution < -0.4 is 10.7 Å². The van der Waals surface area contributed by atoms with Crippen LogP contribution in [0, 0.1) is 0 Å². The Bertz CT molecular complexity index is 897. The Morgan fingerprint density at radius 2 is 1.67 bits per heavy atom. The Kier molecular flexibility index (Phi) is 6.45. The van der Waals surface area contributed by atoms with Gasteiger partial charge in [-0.2, -0.15) is 18.3 Å². The molecule has 2 N–H and O–H groups in total. The highest BCUT2D eigenvalue weighted by atomic mass is 35.5. The zero-order valence-electron chi connectivity index (χ0n) is 13.7. The highest BCUT2D eigenvalue weighted by Crippen LogP contribution is 2.21. The number of alkyl halides is 3. The van der Waals surface area contributed by atoms with Gasteiger partial charge in [0.25, 0.3) is 5.91 Å². The van der Waals surface area contributed by atoms with Crippen LogP contribution in [0.1, 0.15) is 22.8 Å². The summed E-state index contributed by atoms with van der Waals surface area (Å²) in [5.41, 5.74) is 3.41. The number of carbonyl (C=O) groups excluding carboxylic acids is 2. The van der Waals surface area contributed by atoms with Crippen LogP contribution in [0.3, 0.4) is 0 Å². The summed E-state index contributed by atoms with van der Waals surface area (Å²) >= 11 is 11.7. The van der Waals surface area contributed by atoms with Gasteiger partial charge in [-0.25, -0.2) is 5.43 Å². The number of anilines is 1. The third kappa shape index (κ3) is 5.70. The minimum Gasteiger partial charge on any atom is -0.318 e. The van der Waals surface area contributed by atoms with Crippen molar-refractivity contribution in [1.29, 1.82) is 0 Å². The summed E-state index contributed by atoms with van der Waals surface area (Å²) in [4.78, 5) is 23.0. The van der Waals surface area contributed by atoms with E-state index in [1.807, 2.05) is 0 Å². The predicted octanol–water partition coefficient (Wildman–Crippen LogP) is 4.65. The summed E-state index contributed by atoms with van der Waals surface area (Å²) in [6.07, 6.45) is -4.97. The SMILES string of the molecule is C/C(=N/NC(=O)c1ccc(Cl)cc1Cl)c1ccc(NC(=O)C(F)(F)F)cc1. The second-order valence-corrected chi connectivity index (χ2v) is 6.14. The molecular weight excluding hydrogens is 406 g/mol. The first kappa shape index (κ1) is 20.7. The lowest BCUT2D eigenvalue weighted by molar-refractivity contribution is -0.167. The fourth-order valence-corrected chi connectivity index (χ4v) is 2.42. The number of hydrogen-bond acceptors (Lipinski definition) is 3. The van der Waals surface area contributed by atoms with Crippen LogP contribution in [-0.4, -0.2) is 23.7 Å². The Hall–Kier alpha value is -2.58. The van der Waals surface area contributed by atoms with Crippen LogP contribution in [-0.2, 0) is 4.79 Å². The minimum absolute atomic E-state index is 0.0224. The zero-order valence-corrected chi connectivity index (χ0v) is 15.2. The lowest BCUT2D eigenvalue weighted by Gasteiger charge is -2.09. The quantitative estimate of drug-likeness (QED) is 0.561. The average molecular weight is 418 g/mol. The van der Waals surface area contributed by atoms with E-state index in [0.29, 0.717) is 16.3 Å². The number of rotatable bonds is 4. The molecule has 0 unspecified atom stereocenters. The van der Waals surface area contributed by atoms with Gasteiger partial charge in [0.1, 0.15) is 0 Å². The maximum atomic E-state index is 12.2. The van der Waals surface area contributed by atoms with Gasteiger partial charge in [-0.1, -0.05) is 35.3 Å². The Labute approximate surface area is 162 Å². The molecule has 0 heterocycles. The molecule has 2 aromatic rings. The van der Waals surface area contributed by atoms with Gasteiger partial charge in [-0.3, -0.25) is 9.59 Å². The molecule has 0 aliphatic heterocycles. The van der Waals surface area contributed by atoms with E-state index >= 15 is 0 Å². The van der Waals surface area contributed by atoms with Crippen molar-refractivity contribution in [2.45, 2.75) is 13.1 Å². The van der Waals surface area contributed by atoms with Crippen LogP contribution >= 0.6 is 23.2 Å². The van der Waals surface area contributed by atoms with E-state index in [9.17, 15) is 22.8 Å². The number of hydrogen-bond donors (Lipinski definition) is 2. The van der Waals surface area contributed by atoms with Crippen LogP contribution in [0.25, 0.3) is 0 Å². The van der Waals surface area contributed by atoms with Crippen molar-refractivity contribution in [2.75, 3.05) is 5.32 Å². The fraction of sp³-hybridized carbons (Fsp3) is 0.118. The first-order valence-electron chi connectivity index (χ1n) is 7.36. The summed E-state index contributed by atoms with van der Waals surface area (Å²) < 4.78 is 36.7. The molecule has 2 aromatic carbocycles. The third-order valence-corrected chi connectivity index (χ3v) is 3.87. The van der Waals surface area contributed by atoms with Crippen LogP contribution in [0.5, 0.6) is 0 Å². The number of hydrazone groups is 1. The summed E-state index contributed by atoms with van der Waals surface area (Å²) in [5.74, 6) is -2.61. The lowest BCUT2D eigenvalue weighted by atomic mass is 10.1. The summed E-state index contributed by atoms with van der Waals surface area (Å²) in [5, 5.41) is 6.20.